The van der Waals surface area contributed by atoms with Crippen LogP contribution in [0.1, 0.15) is 100 Å². The molecule has 0 saturated heterocycles. The van der Waals surface area contributed by atoms with Crippen LogP contribution < -0.4 is 0 Å². The van der Waals surface area contributed by atoms with Gasteiger partial charge in [-0.2, -0.15) is 0 Å². The Balaban J connectivity index is 1.61. The Labute approximate surface area is 224 Å². The van der Waals surface area contributed by atoms with Gasteiger partial charge in [-0.05, 0) is 84.4 Å². The largest absolute Gasteiger partial charge is 0.465 e. The quantitative estimate of drug-likeness (QED) is 0.340. The summed E-state index contributed by atoms with van der Waals surface area (Å²) in [5.41, 5.74) is 0.536. The van der Waals surface area contributed by atoms with Crippen molar-refractivity contribution in [2.75, 3.05) is 6.61 Å². The van der Waals surface area contributed by atoms with E-state index in [-0.39, 0.29) is 56.9 Å². The summed E-state index contributed by atoms with van der Waals surface area (Å²) in [5.74, 6) is 0.765. The molecule has 5 aliphatic rings. The minimum atomic E-state index is -0.459. The van der Waals surface area contributed by atoms with Crippen molar-refractivity contribution in [3.05, 3.63) is 11.6 Å². The van der Waals surface area contributed by atoms with E-state index in [1.165, 1.54) is 12.5 Å². The van der Waals surface area contributed by atoms with E-state index in [0.717, 1.165) is 38.5 Å². The van der Waals surface area contributed by atoms with Crippen LogP contribution in [0.4, 0.5) is 0 Å². The molecule has 5 nitrogen and oxygen atoms in total. The van der Waals surface area contributed by atoms with Gasteiger partial charge < -0.3 is 20.1 Å². The molecular formula is C32H52O5. The lowest BCUT2D eigenvalue weighted by Gasteiger charge is -2.70. The van der Waals surface area contributed by atoms with Crippen LogP contribution in [-0.2, 0) is 9.53 Å². The van der Waals surface area contributed by atoms with Gasteiger partial charge in [0.1, 0.15) is 0 Å². The summed E-state index contributed by atoms with van der Waals surface area (Å²) in [5, 5.41) is 34.6. The molecule has 0 aromatic heterocycles. The van der Waals surface area contributed by atoms with Crippen molar-refractivity contribution in [3.8, 4) is 0 Å². The maximum absolute atomic E-state index is 12.0. The Bertz CT molecular complexity index is 970. The van der Waals surface area contributed by atoms with E-state index >= 15 is 0 Å². The Morgan fingerprint density at radius 1 is 1.00 bits per heavy atom. The first-order valence-corrected chi connectivity index (χ1v) is 14.9. The molecule has 0 radical (unpaired) electrons. The van der Waals surface area contributed by atoms with Gasteiger partial charge in [0.05, 0.1) is 24.9 Å². The third-order valence-electron chi connectivity index (χ3n) is 13.4. The monoisotopic (exact) mass is 516 g/mol. The summed E-state index contributed by atoms with van der Waals surface area (Å²) in [6.07, 6.45) is 7.21. The summed E-state index contributed by atoms with van der Waals surface area (Å²) in [4.78, 5) is 12.0. The van der Waals surface area contributed by atoms with Crippen LogP contribution in [0.5, 0.6) is 0 Å². The van der Waals surface area contributed by atoms with Gasteiger partial charge in [-0.25, -0.2) is 0 Å². The maximum atomic E-state index is 12.0. The van der Waals surface area contributed by atoms with Crippen LogP contribution in [0.25, 0.3) is 0 Å². The van der Waals surface area contributed by atoms with Crippen molar-refractivity contribution in [1.29, 1.82) is 0 Å². The molecule has 5 heteroatoms. The van der Waals surface area contributed by atoms with Crippen molar-refractivity contribution in [1.82, 2.24) is 0 Å². The van der Waals surface area contributed by atoms with Crippen molar-refractivity contribution in [2.24, 2.45) is 56.7 Å². The summed E-state index contributed by atoms with van der Waals surface area (Å²) < 4.78 is 5.78. The summed E-state index contributed by atoms with van der Waals surface area (Å²) in [6.45, 7) is 17.9. The van der Waals surface area contributed by atoms with Crippen LogP contribution in [0.15, 0.2) is 11.6 Å². The van der Waals surface area contributed by atoms with Gasteiger partial charge in [0, 0.05) is 24.2 Å². The highest BCUT2D eigenvalue weighted by atomic mass is 16.5. The van der Waals surface area contributed by atoms with Crippen LogP contribution in [0.2, 0.25) is 0 Å². The third kappa shape index (κ3) is 3.48. The van der Waals surface area contributed by atoms with Crippen LogP contribution >= 0.6 is 0 Å². The number of rotatable bonds is 3. The average Bonchev–Trinajstić information content (AvgIpc) is 3.11. The molecule has 0 amide bonds. The molecule has 0 aromatic rings. The van der Waals surface area contributed by atoms with Crippen LogP contribution in [-0.4, -0.2) is 46.2 Å². The number of allylic oxidation sites excluding steroid dienone is 1. The number of aliphatic hydroxyl groups excluding tert-OH is 3. The van der Waals surface area contributed by atoms with Gasteiger partial charge in [-0.1, -0.05) is 60.1 Å². The topological polar surface area (TPSA) is 87.0 Å². The highest BCUT2D eigenvalue weighted by Gasteiger charge is 2.72. The third-order valence-corrected chi connectivity index (χ3v) is 13.4. The molecule has 11 atom stereocenters. The van der Waals surface area contributed by atoms with Gasteiger partial charge in [-0.15, -0.1) is 0 Å². The number of carbonyl (C=O) groups excluding carboxylic acids is 1. The summed E-state index contributed by atoms with van der Waals surface area (Å²) in [6, 6.07) is 0. The molecule has 4 saturated carbocycles. The zero-order chi connectivity index (χ0) is 27.3. The maximum Gasteiger partial charge on any atom is 0.302 e. The smallest absolute Gasteiger partial charge is 0.302 e. The normalized spacial score (nSPS) is 52.4. The predicted octanol–water partition coefficient (Wildman–Crippen LogP) is 5.51. The average molecular weight is 517 g/mol. The minimum Gasteiger partial charge on any atom is -0.465 e. The highest BCUT2D eigenvalue weighted by Crippen LogP contribution is 2.76. The summed E-state index contributed by atoms with van der Waals surface area (Å²) >= 11 is 0. The Kier molecular flexibility index (Phi) is 6.38. The first-order chi connectivity index (χ1) is 17.1. The molecule has 3 N–H and O–H groups in total. The molecular weight excluding hydrogens is 464 g/mol. The summed E-state index contributed by atoms with van der Waals surface area (Å²) in [7, 11) is 0. The second-order valence-corrected chi connectivity index (χ2v) is 15.5. The van der Waals surface area contributed by atoms with Crippen molar-refractivity contribution in [3.63, 3.8) is 0 Å². The number of aliphatic hydroxyl groups is 3. The molecule has 210 valence electrons. The van der Waals surface area contributed by atoms with Crippen molar-refractivity contribution >= 4 is 5.97 Å². The predicted molar refractivity (Wildman–Crippen MR) is 144 cm³/mol. The van der Waals surface area contributed by atoms with Gasteiger partial charge in [0.15, 0.2) is 0 Å². The fourth-order valence-corrected chi connectivity index (χ4v) is 11.4. The fourth-order valence-electron chi connectivity index (χ4n) is 11.4. The second kappa shape index (κ2) is 8.54. The Hall–Kier alpha value is -0.910. The zero-order valence-electron chi connectivity index (χ0n) is 24.5. The van der Waals surface area contributed by atoms with Gasteiger partial charge in [-0.3, -0.25) is 4.79 Å². The van der Waals surface area contributed by atoms with E-state index in [0.29, 0.717) is 24.9 Å². The molecule has 4 fully saturated rings. The lowest BCUT2D eigenvalue weighted by molar-refractivity contribution is -0.215. The van der Waals surface area contributed by atoms with E-state index < -0.39 is 12.2 Å². The molecule has 0 spiro atoms. The van der Waals surface area contributed by atoms with E-state index in [1.54, 1.807) is 0 Å². The zero-order valence-corrected chi connectivity index (χ0v) is 24.5. The lowest BCUT2D eigenvalue weighted by Crippen LogP contribution is -2.66. The lowest BCUT2D eigenvalue weighted by atomic mass is 9.35. The number of fused-ring (bicyclic) bond motifs is 7. The van der Waals surface area contributed by atoms with Crippen LogP contribution in [0, 0.1) is 56.7 Å². The fraction of sp³-hybridized carbons (Fsp3) is 0.906. The SMILES string of the molecule is CC(=O)OC[C@@]12CC[C@@]3(C)[C@H]4C(=CC[C@]3(C)C1C(O)C[C@H]2C(C)C)[C@@]1(C)CC[C@H](O)C(C)(C)C1C[C@@H]4O. The molecule has 0 aliphatic heterocycles. The number of ether oxygens (including phenoxy) is 1. The second-order valence-electron chi connectivity index (χ2n) is 15.5. The number of carbonyl (C=O) groups is 1. The van der Waals surface area contributed by atoms with E-state index in [9.17, 15) is 20.1 Å². The van der Waals surface area contributed by atoms with E-state index in [1.807, 2.05) is 0 Å². The molecule has 0 aromatic carbocycles. The molecule has 3 unspecified atom stereocenters. The van der Waals surface area contributed by atoms with E-state index in [2.05, 4.69) is 54.5 Å². The molecule has 0 bridgehead atoms. The van der Waals surface area contributed by atoms with Crippen LogP contribution in [0.3, 0.4) is 0 Å². The first-order valence-electron chi connectivity index (χ1n) is 14.9. The van der Waals surface area contributed by atoms with Crippen molar-refractivity contribution < 1.29 is 24.9 Å². The molecule has 5 rings (SSSR count). The highest BCUT2D eigenvalue weighted by molar-refractivity contribution is 5.66. The number of esters is 1. The molecule has 0 heterocycles. The van der Waals surface area contributed by atoms with Crippen molar-refractivity contribution in [2.45, 2.75) is 119 Å². The number of hydrogen-bond donors (Lipinski definition) is 3. The molecule has 37 heavy (non-hydrogen) atoms. The van der Waals surface area contributed by atoms with Gasteiger partial charge in [0.2, 0.25) is 0 Å². The Morgan fingerprint density at radius 3 is 2.30 bits per heavy atom. The minimum absolute atomic E-state index is 0.0191. The number of hydrogen-bond acceptors (Lipinski definition) is 5. The van der Waals surface area contributed by atoms with E-state index in [4.69, 9.17) is 4.74 Å². The first kappa shape index (κ1) is 27.6. The Morgan fingerprint density at radius 2 is 1.68 bits per heavy atom. The standard InChI is InChI=1S/C32H52O5/c1-18(2)21-15-23(35)27-31(8)12-9-20-26(30(31,7)13-14-32(21,27)17-37-19(3)33)22(34)16-24-28(4,5)25(36)10-11-29(20,24)6/h9,18,21-27,34-36H,10-17H2,1-8H3/t21-,22-,23?,24?,25-,26-,27?,29+,30-,31+,32+/m0/s1. The van der Waals surface area contributed by atoms with Gasteiger partial charge in [0.25, 0.3) is 0 Å². The van der Waals surface area contributed by atoms with Gasteiger partial charge >= 0.3 is 5.97 Å². The molecule has 5 aliphatic carbocycles.